The number of hydrogen-bond donors (Lipinski definition) is 1. The zero-order valence-corrected chi connectivity index (χ0v) is 4.46. The van der Waals surface area contributed by atoms with Gasteiger partial charge in [-0.1, -0.05) is 18.2 Å². The van der Waals surface area contributed by atoms with Crippen LogP contribution in [0.2, 0.25) is 0 Å². The summed E-state index contributed by atoms with van der Waals surface area (Å²) >= 11 is 0. The van der Waals surface area contributed by atoms with E-state index in [4.69, 9.17) is 5.73 Å². The molecular weight excluding hydrogens is 98.1 g/mol. The molecule has 0 unspecified atom stereocenters. The first-order valence-corrected chi connectivity index (χ1v) is 2.20. The minimum atomic E-state index is 0. The van der Waals surface area contributed by atoms with Gasteiger partial charge in [0.2, 0.25) is 0 Å². The number of anilines is 1. The first-order chi connectivity index (χ1) is 3.39. The molecule has 0 heterocycles. The highest BCUT2D eigenvalue weighted by Gasteiger charge is 1.72. The van der Waals surface area contributed by atoms with Crippen LogP contribution in [0, 0.1) is 7.43 Å². The summed E-state index contributed by atoms with van der Waals surface area (Å²) in [6.45, 7) is 0. The van der Waals surface area contributed by atoms with Crippen molar-refractivity contribution in [2.75, 3.05) is 5.73 Å². The summed E-state index contributed by atoms with van der Waals surface area (Å²) in [4.78, 5) is 0. The molecule has 0 aliphatic carbocycles. The maximum Gasteiger partial charge on any atom is 0.0313 e. The summed E-state index contributed by atoms with van der Waals surface area (Å²) in [7, 11) is 0. The molecule has 0 aliphatic rings. The second-order valence-electron chi connectivity index (χ2n) is 1.41. The lowest BCUT2D eigenvalue weighted by Crippen LogP contribution is -1.79. The van der Waals surface area contributed by atoms with Crippen molar-refractivity contribution >= 4 is 5.69 Å². The Labute approximate surface area is 50.1 Å². The highest BCUT2D eigenvalue weighted by Crippen LogP contribution is 1.95. The fourth-order valence-electron chi connectivity index (χ4n) is 0.453. The van der Waals surface area contributed by atoms with Gasteiger partial charge in [-0.2, -0.15) is 0 Å². The van der Waals surface area contributed by atoms with E-state index >= 15 is 0 Å². The third-order valence-corrected chi connectivity index (χ3v) is 0.800. The van der Waals surface area contributed by atoms with Crippen LogP contribution in [0.3, 0.4) is 0 Å². The average Bonchev–Trinajstić information content (AvgIpc) is 1.69. The van der Waals surface area contributed by atoms with Crippen molar-refractivity contribution in [3.8, 4) is 0 Å². The van der Waals surface area contributed by atoms with E-state index in [0.717, 1.165) is 5.69 Å². The molecule has 0 aliphatic heterocycles. The Morgan fingerprint density at radius 1 is 1.00 bits per heavy atom. The lowest BCUT2D eigenvalue weighted by atomic mass is 10.3. The van der Waals surface area contributed by atoms with Gasteiger partial charge in [0.1, 0.15) is 0 Å². The van der Waals surface area contributed by atoms with E-state index in [-0.39, 0.29) is 7.43 Å². The molecule has 0 saturated carbocycles. The van der Waals surface area contributed by atoms with E-state index in [1.807, 2.05) is 30.3 Å². The van der Waals surface area contributed by atoms with E-state index in [9.17, 15) is 0 Å². The van der Waals surface area contributed by atoms with E-state index < -0.39 is 0 Å². The number of para-hydroxylation sites is 1. The summed E-state index contributed by atoms with van der Waals surface area (Å²) < 4.78 is 0. The SMILES string of the molecule is Nc1ccccc1.[C]. The third-order valence-electron chi connectivity index (χ3n) is 0.800. The molecule has 2 N–H and O–H groups in total. The van der Waals surface area contributed by atoms with Crippen molar-refractivity contribution in [1.29, 1.82) is 0 Å². The molecule has 4 radical (unpaired) electrons. The molecule has 1 heteroatoms. The Morgan fingerprint density at radius 3 is 1.75 bits per heavy atom. The number of nitrogen functional groups attached to an aromatic ring is 1. The number of hydrogen-bond acceptors (Lipinski definition) is 1. The molecule has 8 heavy (non-hydrogen) atoms. The van der Waals surface area contributed by atoms with Gasteiger partial charge >= 0.3 is 0 Å². The van der Waals surface area contributed by atoms with Crippen LogP contribution in [0.5, 0.6) is 0 Å². The summed E-state index contributed by atoms with van der Waals surface area (Å²) in [5.74, 6) is 0. The standard InChI is InChI=1S/C6H7N.C/c7-6-4-2-1-3-5-6;/h1-5H,7H2;. The van der Waals surface area contributed by atoms with Gasteiger partial charge < -0.3 is 5.73 Å². The van der Waals surface area contributed by atoms with E-state index in [1.165, 1.54) is 0 Å². The van der Waals surface area contributed by atoms with E-state index in [2.05, 4.69) is 0 Å². The van der Waals surface area contributed by atoms with Crippen LogP contribution < -0.4 is 5.73 Å². The largest absolute Gasteiger partial charge is 0.399 e. The van der Waals surface area contributed by atoms with Crippen LogP contribution in [-0.4, -0.2) is 0 Å². The normalized spacial score (nSPS) is 7.50. The molecule has 1 nitrogen and oxygen atoms in total. The van der Waals surface area contributed by atoms with Gasteiger partial charge in [0.15, 0.2) is 0 Å². The summed E-state index contributed by atoms with van der Waals surface area (Å²) in [5.41, 5.74) is 6.18. The van der Waals surface area contributed by atoms with Gasteiger partial charge in [0, 0.05) is 13.1 Å². The van der Waals surface area contributed by atoms with Crippen LogP contribution >= 0.6 is 0 Å². The van der Waals surface area contributed by atoms with Gasteiger partial charge in [-0.15, -0.1) is 0 Å². The zero-order chi connectivity index (χ0) is 5.11. The Bertz CT molecular complexity index is 134. The molecule has 0 atom stereocenters. The second kappa shape index (κ2) is 3.08. The van der Waals surface area contributed by atoms with E-state index in [1.54, 1.807) is 0 Å². The second-order valence-corrected chi connectivity index (χ2v) is 1.41. The number of rotatable bonds is 0. The molecule has 40 valence electrons. The number of benzene rings is 1. The van der Waals surface area contributed by atoms with Gasteiger partial charge in [0.25, 0.3) is 0 Å². The Kier molecular flexibility index (Phi) is 2.70. The molecule has 0 bridgehead atoms. The van der Waals surface area contributed by atoms with Crippen molar-refractivity contribution in [3.63, 3.8) is 0 Å². The van der Waals surface area contributed by atoms with Gasteiger partial charge in [0.05, 0.1) is 0 Å². The maximum atomic E-state index is 5.36. The monoisotopic (exact) mass is 105 g/mol. The molecule has 1 aromatic carbocycles. The fourth-order valence-corrected chi connectivity index (χ4v) is 0.453. The van der Waals surface area contributed by atoms with Crippen molar-refractivity contribution in [2.24, 2.45) is 0 Å². The Morgan fingerprint density at radius 2 is 1.50 bits per heavy atom. The van der Waals surface area contributed by atoms with Crippen LogP contribution in [0.15, 0.2) is 30.3 Å². The first-order valence-electron chi connectivity index (χ1n) is 2.20. The third kappa shape index (κ3) is 1.65. The lowest BCUT2D eigenvalue weighted by Gasteiger charge is -1.83. The predicted molar refractivity (Wildman–Crippen MR) is 34.1 cm³/mol. The summed E-state index contributed by atoms with van der Waals surface area (Å²) in [5, 5.41) is 0. The maximum absolute atomic E-state index is 5.36. The van der Waals surface area contributed by atoms with Gasteiger partial charge in [-0.25, -0.2) is 0 Å². The number of nitrogens with two attached hydrogens (primary N) is 1. The minimum absolute atomic E-state index is 0. The highest BCUT2D eigenvalue weighted by atomic mass is 14.5. The van der Waals surface area contributed by atoms with Crippen LogP contribution in [-0.2, 0) is 0 Å². The van der Waals surface area contributed by atoms with Crippen molar-refractivity contribution in [1.82, 2.24) is 0 Å². The highest BCUT2D eigenvalue weighted by molar-refractivity contribution is 5.35. The quantitative estimate of drug-likeness (QED) is 0.495. The van der Waals surface area contributed by atoms with Gasteiger partial charge in [-0.3, -0.25) is 0 Å². The predicted octanol–water partition coefficient (Wildman–Crippen LogP) is 1.35. The van der Waals surface area contributed by atoms with Crippen LogP contribution in [0.1, 0.15) is 0 Å². The molecule has 1 rings (SSSR count). The molecular formula is C7H7N. The molecule has 0 spiro atoms. The van der Waals surface area contributed by atoms with Crippen molar-refractivity contribution in [2.45, 2.75) is 0 Å². The first kappa shape index (κ1) is 7.02. The fraction of sp³-hybridized carbons (Fsp3) is 0. The molecule has 0 saturated heterocycles. The average molecular weight is 105 g/mol. The Hall–Kier alpha value is -0.980. The van der Waals surface area contributed by atoms with E-state index in [0.29, 0.717) is 0 Å². The Balaban J connectivity index is 0.000000490. The van der Waals surface area contributed by atoms with Crippen molar-refractivity contribution in [3.05, 3.63) is 37.8 Å². The van der Waals surface area contributed by atoms with Crippen LogP contribution in [0.25, 0.3) is 0 Å². The smallest absolute Gasteiger partial charge is 0.0313 e. The summed E-state index contributed by atoms with van der Waals surface area (Å²) in [6.07, 6.45) is 0. The molecule has 0 amide bonds. The van der Waals surface area contributed by atoms with Gasteiger partial charge in [-0.05, 0) is 12.1 Å². The molecule has 0 aromatic heterocycles. The molecule has 0 fully saturated rings. The topological polar surface area (TPSA) is 26.0 Å². The summed E-state index contributed by atoms with van der Waals surface area (Å²) in [6, 6.07) is 9.49. The zero-order valence-electron chi connectivity index (χ0n) is 4.46. The minimum Gasteiger partial charge on any atom is -0.399 e. The van der Waals surface area contributed by atoms with Crippen LogP contribution in [0.4, 0.5) is 5.69 Å². The molecule has 1 aromatic rings. The van der Waals surface area contributed by atoms with Crippen molar-refractivity contribution < 1.29 is 0 Å². The lowest BCUT2D eigenvalue weighted by molar-refractivity contribution is 1.69.